The van der Waals surface area contributed by atoms with Crippen LogP contribution in [-0.2, 0) is 0 Å². The Bertz CT molecular complexity index is 108. The third-order valence-electron chi connectivity index (χ3n) is 1.32. The molecule has 0 unspecified atom stereocenters. The molecule has 0 bridgehead atoms. The van der Waals surface area contributed by atoms with Gasteiger partial charge in [-0.2, -0.15) is 0 Å². The summed E-state index contributed by atoms with van der Waals surface area (Å²) in [4.78, 5) is 3.90. The Morgan fingerprint density at radius 2 is 2.27 bits per heavy atom. The van der Waals surface area contributed by atoms with Crippen molar-refractivity contribution in [1.82, 2.24) is 5.32 Å². The lowest BCUT2D eigenvalue weighted by Gasteiger charge is -1.98. The predicted molar refractivity (Wildman–Crippen MR) is 51.1 cm³/mol. The highest BCUT2D eigenvalue weighted by atomic mass is 14.8. The zero-order chi connectivity index (χ0) is 8.36. The van der Waals surface area contributed by atoms with Gasteiger partial charge >= 0.3 is 0 Å². The third kappa shape index (κ3) is 9.37. The predicted octanol–water partition coefficient (Wildman–Crippen LogP) is 1.98. The van der Waals surface area contributed by atoms with Crippen LogP contribution in [0.15, 0.2) is 17.8 Å². The Labute approximate surface area is 69.4 Å². The van der Waals surface area contributed by atoms with Gasteiger partial charge in [0, 0.05) is 12.4 Å². The quantitative estimate of drug-likeness (QED) is 0.440. The molecule has 0 aliphatic carbocycles. The molecule has 0 radical (unpaired) electrons. The maximum Gasteiger partial charge on any atom is 0.0191 e. The normalized spacial score (nSPS) is 10.6. The van der Waals surface area contributed by atoms with E-state index in [9.17, 15) is 0 Å². The van der Waals surface area contributed by atoms with Crippen LogP contribution >= 0.6 is 0 Å². The van der Waals surface area contributed by atoms with E-state index in [0.717, 1.165) is 25.9 Å². The summed E-state index contributed by atoms with van der Waals surface area (Å²) < 4.78 is 0. The fraction of sp³-hybridized carbons (Fsp3) is 0.667. The molecule has 0 rings (SSSR count). The van der Waals surface area contributed by atoms with Crippen molar-refractivity contribution in [3.05, 3.63) is 12.8 Å². The third-order valence-corrected chi connectivity index (χ3v) is 1.32. The SMILES string of the molecule is C=CN=CCCCNCCC. The first-order chi connectivity index (χ1) is 5.41. The van der Waals surface area contributed by atoms with Crippen LogP contribution in [0.25, 0.3) is 0 Å². The van der Waals surface area contributed by atoms with Gasteiger partial charge in [-0.15, -0.1) is 0 Å². The first-order valence-electron chi connectivity index (χ1n) is 4.25. The molecule has 64 valence electrons. The van der Waals surface area contributed by atoms with Crippen molar-refractivity contribution in [3.63, 3.8) is 0 Å². The van der Waals surface area contributed by atoms with Crippen molar-refractivity contribution in [2.45, 2.75) is 26.2 Å². The fourth-order valence-corrected chi connectivity index (χ4v) is 0.769. The van der Waals surface area contributed by atoms with E-state index in [-0.39, 0.29) is 0 Å². The smallest absolute Gasteiger partial charge is 0.0191 e. The molecule has 2 nitrogen and oxygen atoms in total. The molecular weight excluding hydrogens is 136 g/mol. The monoisotopic (exact) mass is 154 g/mol. The van der Waals surface area contributed by atoms with Gasteiger partial charge in [0.2, 0.25) is 0 Å². The molecule has 0 fully saturated rings. The molecule has 1 N–H and O–H groups in total. The van der Waals surface area contributed by atoms with Gasteiger partial charge in [0.15, 0.2) is 0 Å². The number of nitrogens with zero attached hydrogens (tertiary/aromatic N) is 1. The first-order valence-corrected chi connectivity index (χ1v) is 4.25. The average molecular weight is 154 g/mol. The van der Waals surface area contributed by atoms with E-state index in [1.165, 1.54) is 6.42 Å². The number of unbranched alkanes of at least 4 members (excludes halogenated alkanes) is 1. The van der Waals surface area contributed by atoms with Gasteiger partial charge in [0.05, 0.1) is 0 Å². The van der Waals surface area contributed by atoms with Gasteiger partial charge in [0.25, 0.3) is 0 Å². The van der Waals surface area contributed by atoms with E-state index >= 15 is 0 Å². The number of aliphatic imine (C=N–C) groups is 1. The van der Waals surface area contributed by atoms with E-state index in [1.54, 1.807) is 6.20 Å². The standard InChI is InChI=1S/C9H18N2/c1-3-7-11-9-6-5-8-10-4-2/h4,8,11H,2-3,5-7,9H2,1H3. The number of hydrogen-bond acceptors (Lipinski definition) is 2. The van der Waals surface area contributed by atoms with E-state index in [0.29, 0.717) is 0 Å². The number of hydrogen-bond donors (Lipinski definition) is 1. The van der Waals surface area contributed by atoms with Crippen molar-refractivity contribution in [3.8, 4) is 0 Å². The average Bonchev–Trinajstić information content (AvgIpc) is 2.03. The Balaban J connectivity index is 2.90. The van der Waals surface area contributed by atoms with E-state index < -0.39 is 0 Å². The highest BCUT2D eigenvalue weighted by Gasteiger charge is 1.83. The molecule has 2 heteroatoms. The lowest BCUT2D eigenvalue weighted by molar-refractivity contribution is 0.652. The lowest BCUT2D eigenvalue weighted by atomic mass is 10.3. The molecule has 0 saturated heterocycles. The lowest BCUT2D eigenvalue weighted by Crippen LogP contribution is -2.15. The van der Waals surface area contributed by atoms with Gasteiger partial charge in [-0.25, -0.2) is 0 Å². The minimum absolute atomic E-state index is 1.04. The molecule has 0 aliphatic rings. The van der Waals surface area contributed by atoms with Crippen molar-refractivity contribution >= 4 is 6.21 Å². The number of rotatable bonds is 7. The molecule has 0 aromatic carbocycles. The van der Waals surface area contributed by atoms with Crippen LogP contribution in [0.1, 0.15) is 26.2 Å². The molecule has 0 aromatic rings. The minimum Gasteiger partial charge on any atom is -0.317 e. The fourth-order valence-electron chi connectivity index (χ4n) is 0.769. The molecule has 0 atom stereocenters. The molecule has 0 heterocycles. The van der Waals surface area contributed by atoms with Gasteiger partial charge < -0.3 is 5.32 Å². The topological polar surface area (TPSA) is 24.4 Å². The van der Waals surface area contributed by atoms with Crippen LogP contribution in [0.2, 0.25) is 0 Å². The molecule has 0 spiro atoms. The van der Waals surface area contributed by atoms with Crippen LogP contribution in [0.5, 0.6) is 0 Å². The van der Waals surface area contributed by atoms with Crippen LogP contribution in [0, 0.1) is 0 Å². The zero-order valence-corrected chi connectivity index (χ0v) is 7.34. The number of nitrogens with one attached hydrogen (secondary N) is 1. The van der Waals surface area contributed by atoms with E-state index in [1.807, 2.05) is 6.21 Å². The van der Waals surface area contributed by atoms with E-state index in [2.05, 4.69) is 23.8 Å². The van der Waals surface area contributed by atoms with Crippen molar-refractivity contribution in [1.29, 1.82) is 0 Å². The second-order valence-corrected chi connectivity index (χ2v) is 2.41. The highest BCUT2D eigenvalue weighted by molar-refractivity contribution is 5.57. The summed E-state index contributed by atoms with van der Waals surface area (Å²) >= 11 is 0. The molecule has 0 aliphatic heterocycles. The second kappa shape index (κ2) is 9.37. The van der Waals surface area contributed by atoms with Gasteiger partial charge in [-0.1, -0.05) is 13.5 Å². The summed E-state index contributed by atoms with van der Waals surface area (Å²) in [5.41, 5.74) is 0. The molecule has 0 aromatic heterocycles. The summed E-state index contributed by atoms with van der Waals surface area (Å²) in [6.07, 6.45) is 6.89. The largest absolute Gasteiger partial charge is 0.317 e. The Kier molecular flexibility index (Phi) is 8.83. The summed E-state index contributed by atoms with van der Waals surface area (Å²) in [6.45, 7) is 7.89. The Hall–Kier alpha value is -0.630. The maximum atomic E-state index is 3.90. The van der Waals surface area contributed by atoms with Crippen LogP contribution in [-0.4, -0.2) is 19.3 Å². The maximum absolute atomic E-state index is 3.90. The second-order valence-electron chi connectivity index (χ2n) is 2.41. The van der Waals surface area contributed by atoms with Gasteiger partial charge in [0.1, 0.15) is 0 Å². The van der Waals surface area contributed by atoms with Crippen molar-refractivity contribution in [2.24, 2.45) is 4.99 Å². The summed E-state index contributed by atoms with van der Waals surface area (Å²) in [7, 11) is 0. The molecular formula is C9H18N2. The molecule has 11 heavy (non-hydrogen) atoms. The minimum atomic E-state index is 1.04. The Morgan fingerprint density at radius 3 is 2.91 bits per heavy atom. The van der Waals surface area contributed by atoms with Crippen LogP contribution < -0.4 is 5.32 Å². The zero-order valence-electron chi connectivity index (χ0n) is 7.34. The van der Waals surface area contributed by atoms with E-state index in [4.69, 9.17) is 0 Å². The summed E-state index contributed by atoms with van der Waals surface area (Å²) in [5, 5.41) is 3.32. The Morgan fingerprint density at radius 1 is 1.45 bits per heavy atom. The van der Waals surface area contributed by atoms with Crippen LogP contribution in [0.3, 0.4) is 0 Å². The summed E-state index contributed by atoms with van der Waals surface area (Å²) in [6, 6.07) is 0. The van der Waals surface area contributed by atoms with Crippen molar-refractivity contribution < 1.29 is 0 Å². The van der Waals surface area contributed by atoms with Crippen molar-refractivity contribution in [2.75, 3.05) is 13.1 Å². The van der Waals surface area contributed by atoms with Crippen LogP contribution in [0.4, 0.5) is 0 Å². The molecule has 0 saturated carbocycles. The highest BCUT2D eigenvalue weighted by Crippen LogP contribution is 1.83. The molecule has 0 amide bonds. The van der Waals surface area contributed by atoms with Gasteiger partial charge in [-0.3, -0.25) is 4.99 Å². The first kappa shape index (κ1) is 10.4. The summed E-state index contributed by atoms with van der Waals surface area (Å²) in [5.74, 6) is 0. The van der Waals surface area contributed by atoms with Gasteiger partial charge in [-0.05, 0) is 32.4 Å².